The molecule has 0 saturated carbocycles. The zero-order chi connectivity index (χ0) is 19.0. The third-order valence-electron chi connectivity index (χ3n) is 2.86. The standard InChI is InChI=1S/C17H22IN3O4/c1-16(2,3)24-14(22)21(15(23)25-17(4,5)6)11-8-7-9-20-12(18)10-19-13(11)20/h7-10H,1-6H3. The van der Waals surface area contributed by atoms with Crippen molar-refractivity contribution >= 4 is 46.1 Å². The lowest BCUT2D eigenvalue weighted by atomic mass is 10.2. The lowest BCUT2D eigenvalue weighted by molar-refractivity contribution is 0.0431. The Balaban J connectivity index is 2.53. The fourth-order valence-corrected chi connectivity index (χ4v) is 2.56. The van der Waals surface area contributed by atoms with E-state index in [1.807, 2.05) is 0 Å². The van der Waals surface area contributed by atoms with Crippen LogP contribution in [0.4, 0.5) is 15.3 Å². The number of imidazole rings is 1. The maximum Gasteiger partial charge on any atom is 0.424 e. The van der Waals surface area contributed by atoms with Gasteiger partial charge in [0, 0.05) is 6.20 Å². The highest BCUT2D eigenvalue weighted by Gasteiger charge is 2.34. The number of anilines is 1. The zero-order valence-electron chi connectivity index (χ0n) is 15.2. The Kier molecular flexibility index (Phi) is 5.31. The summed E-state index contributed by atoms with van der Waals surface area (Å²) in [7, 11) is 0. The van der Waals surface area contributed by atoms with E-state index in [9.17, 15) is 9.59 Å². The highest BCUT2D eigenvalue weighted by atomic mass is 127. The topological polar surface area (TPSA) is 73.1 Å². The van der Waals surface area contributed by atoms with E-state index in [4.69, 9.17) is 9.47 Å². The normalized spacial score (nSPS) is 12.1. The number of aromatic nitrogens is 2. The number of rotatable bonds is 1. The third-order valence-corrected chi connectivity index (χ3v) is 3.66. The summed E-state index contributed by atoms with van der Waals surface area (Å²) in [5.41, 5.74) is -0.754. The second kappa shape index (κ2) is 6.81. The van der Waals surface area contributed by atoms with E-state index in [-0.39, 0.29) is 0 Å². The van der Waals surface area contributed by atoms with Crippen molar-refractivity contribution in [1.29, 1.82) is 0 Å². The molecule has 8 heteroatoms. The van der Waals surface area contributed by atoms with E-state index >= 15 is 0 Å². The van der Waals surface area contributed by atoms with Gasteiger partial charge in [0.2, 0.25) is 0 Å². The maximum absolute atomic E-state index is 12.7. The van der Waals surface area contributed by atoms with Gasteiger partial charge in [-0.05, 0) is 76.3 Å². The summed E-state index contributed by atoms with van der Waals surface area (Å²) >= 11 is 2.12. The molecule has 0 aliphatic carbocycles. The Morgan fingerprint density at radius 3 is 2.08 bits per heavy atom. The first-order valence-corrected chi connectivity index (χ1v) is 8.84. The summed E-state index contributed by atoms with van der Waals surface area (Å²) in [6.45, 7) is 10.4. The molecule has 0 fully saturated rings. The fraction of sp³-hybridized carbons (Fsp3) is 0.471. The number of carbonyl (C=O) groups excluding carboxylic acids is 2. The second-order valence-electron chi connectivity index (χ2n) is 7.46. The molecule has 0 saturated heterocycles. The van der Waals surface area contributed by atoms with E-state index in [1.54, 1.807) is 70.5 Å². The Labute approximate surface area is 160 Å². The van der Waals surface area contributed by atoms with Crippen molar-refractivity contribution in [2.24, 2.45) is 0 Å². The number of imide groups is 1. The van der Waals surface area contributed by atoms with Crippen LogP contribution in [0.3, 0.4) is 0 Å². The summed E-state index contributed by atoms with van der Waals surface area (Å²) in [6, 6.07) is 3.36. The third kappa shape index (κ3) is 4.83. The van der Waals surface area contributed by atoms with Gasteiger partial charge in [-0.2, -0.15) is 4.90 Å². The van der Waals surface area contributed by atoms with Gasteiger partial charge in [0.15, 0.2) is 5.65 Å². The molecule has 25 heavy (non-hydrogen) atoms. The number of amides is 2. The quantitative estimate of drug-likeness (QED) is 0.583. The van der Waals surface area contributed by atoms with Crippen LogP contribution in [0.5, 0.6) is 0 Å². The van der Waals surface area contributed by atoms with Crippen molar-refractivity contribution in [2.75, 3.05) is 4.90 Å². The Morgan fingerprint density at radius 2 is 1.60 bits per heavy atom. The minimum Gasteiger partial charge on any atom is -0.443 e. The Morgan fingerprint density at radius 1 is 1.08 bits per heavy atom. The minimum atomic E-state index is -0.812. The molecule has 0 aliphatic rings. The SMILES string of the molecule is CC(C)(C)OC(=O)N(C(=O)OC(C)(C)C)c1cccn2c(I)cnc12. The van der Waals surface area contributed by atoms with Gasteiger partial charge in [-0.15, -0.1) is 0 Å². The molecule has 2 aromatic rings. The predicted octanol–water partition coefficient (Wildman–Crippen LogP) is 4.62. The Hall–Kier alpha value is -1.84. The van der Waals surface area contributed by atoms with Gasteiger partial charge < -0.3 is 9.47 Å². The first-order valence-electron chi connectivity index (χ1n) is 7.77. The van der Waals surface area contributed by atoms with E-state index in [0.717, 1.165) is 8.60 Å². The summed E-state index contributed by atoms with van der Waals surface area (Å²) < 4.78 is 13.4. The van der Waals surface area contributed by atoms with Crippen LogP contribution in [-0.4, -0.2) is 32.8 Å². The van der Waals surface area contributed by atoms with Crippen molar-refractivity contribution < 1.29 is 19.1 Å². The molecular weight excluding hydrogens is 437 g/mol. The number of pyridine rings is 1. The molecule has 2 aromatic heterocycles. The number of ether oxygens (including phenoxy) is 2. The van der Waals surface area contributed by atoms with Crippen LogP contribution in [0.2, 0.25) is 0 Å². The number of nitrogens with zero attached hydrogens (tertiary/aromatic N) is 3. The molecule has 2 rings (SSSR count). The maximum atomic E-state index is 12.7. The predicted molar refractivity (Wildman–Crippen MR) is 103 cm³/mol. The van der Waals surface area contributed by atoms with Crippen LogP contribution in [0.25, 0.3) is 5.65 Å². The molecule has 0 radical (unpaired) electrons. The highest BCUT2D eigenvalue weighted by molar-refractivity contribution is 14.1. The number of carbonyl (C=O) groups is 2. The summed E-state index contributed by atoms with van der Waals surface area (Å²) in [5, 5.41) is 0. The molecule has 0 atom stereocenters. The molecule has 0 unspecified atom stereocenters. The first-order chi connectivity index (χ1) is 11.4. The molecule has 0 aromatic carbocycles. The molecule has 0 bridgehead atoms. The molecule has 136 valence electrons. The van der Waals surface area contributed by atoms with Gasteiger partial charge in [0.1, 0.15) is 20.6 Å². The average molecular weight is 459 g/mol. The van der Waals surface area contributed by atoms with Crippen molar-refractivity contribution in [2.45, 2.75) is 52.7 Å². The number of hydrogen-bond donors (Lipinski definition) is 0. The van der Waals surface area contributed by atoms with Crippen molar-refractivity contribution in [1.82, 2.24) is 9.38 Å². The number of hydrogen-bond acceptors (Lipinski definition) is 5. The van der Waals surface area contributed by atoms with Crippen LogP contribution in [0.1, 0.15) is 41.5 Å². The lowest BCUT2D eigenvalue weighted by Crippen LogP contribution is -2.44. The van der Waals surface area contributed by atoms with E-state index < -0.39 is 23.4 Å². The van der Waals surface area contributed by atoms with Crippen molar-refractivity contribution in [3.05, 3.63) is 28.2 Å². The lowest BCUT2D eigenvalue weighted by Gasteiger charge is -2.28. The largest absolute Gasteiger partial charge is 0.443 e. The van der Waals surface area contributed by atoms with Gasteiger partial charge in [-0.25, -0.2) is 14.6 Å². The van der Waals surface area contributed by atoms with Gasteiger partial charge in [-0.3, -0.25) is 4.40 Å². The van der Waals surface area contributed by atoms with Gasteiger partial charge in [0.05, 0.1) is 6.20 Å². The zero-order valence-corrected chi connectivity index (χ0v) is 17.3. The summed E-state index contributed by atoms with van der Waals surface area (Å²) in [4.78, 5) is 30.6. The molecule has 2 amide bonds. The van der Waals surface area contributed by atoms with E-state index in [2.05, 4.69) is 27.6 Å². The van der Waals surface area contributed by atoms with Gasteiger partial charge >= 0.3 is 12.2 Å². The van der Waals surface area contributed by atoms with Crippen LogP contribution < -0.4 is 4.90 Å². The van der Waals surface area contributed by atoms with E-state index in [1.165, 1.54) is 0 Å². The second-order valence-corrected chi connectivity index (χ2v) is 8.57. The number of fused-ring (bicyclic) bond motifs is 1. The van der Waals surface area contributed by atoms with E-state index in [0.29, 0.717) is 11.3 Å². The average Bonchev–Trinajstić information content (AvgIpc) is 2.77. The molecule has 0 N–H and O–H groups in total. The molecule has 0 aliphatic heterocycles. The fourth-order valence-electron chi connectivity index (χ4n) is 2.03. The number of halogens is 1. The first kappa shape index (κ1) is 19.5. The van der Waals surface area contributed by atoms with Crippen LogP contribution in [-0.2, 0) is 9.47 Å². The molecule has 0 spiro atoms. The summed E-state index contributed by atoms with van der Waals surface area (Å²) in [6.07, 6.45) is 1.83. The monoisotopic (exact) mass is 459 g/mol. The van der Waals surface area contributed by atoms with Crippen LogP contribution in [0, 0.1) is 3.70 Å². The minimum absolute atomic E-state index is 0.300. The smallest absolute Gasteiger partial charge is 0.424 e. The highest BCUT2D eigenvalue weighted by Crippen LogP contribution is 2.26. The van der Waals surface area contributed by atoms with Gasteiger partial charge in [-0.1, -0.05) is 0 Å². The van der Waals surface area contributed by atoms with Crippen LogP contribution >= 0.6 is 22.6 Å². The summed E-state index contributed by atoms with van der Waals surface area (Å²) in [5.74, 6) is 0. The van der Waals surface area contributed by atoms with Crippen LogP contribution in [0.15, 0.2) is 24.5 Å². The van der Waals surface area contributed by atoms with Gasteiger partial charge in [0.25, 0.3) is 0 Å². The van der Waals surface area contributed by atoms with Crippen molar-refractivity contribution in [3.63, 3.8) is 0 Å². The van der Waals surface area contributed by atoms with Crippen molar-refractivity contribution in [3.8, 4) is 0 Å². The molecular formula is C17H22IN3O4. The Bertz CT molecular complexity index is 774. The molecule has 2 heterocycles. The molecule has 7 nitrogen and oxygen atoms in total.